The molecule has 0 aliphatic rings. The molecule has 29 heavy (non-hydrogen) atoms. The maximum Gasteiger partial charge on any atom is 0.234 e. The van der Waals surface area contributed by atoms with E-state index in [9.17, 15) is 4.79 Å². The highest BCUT2D eigenvalue weighted by Gasteiger charge is 2.16. The quantitative estimate of drug-likeness (QED) is 0.539. The van der Waals surface area contributed by atoms with Crippen molar-refractivity contribution in [2.75, 3.05) is 25.3 Å². The van der Waals surface area contributed by atoms with Crippen LogP contribution in [0.5, 0.6) is 11.5 Å². The molecule has 0 aliphatic heterocycles. The number of benzene rings is 2. The first-order valence-corrected chi connectivity index (χ1v) is 10.3. The molecule has 1 amide bonds. The number of aromatic nitrogens is 2. The number of anilines is 1. The Morgan fingerprint density at radius 1 is 1.14 bits per heavy atom. The lowest BCUT2D eigenvalue weighted by Crippen LogP contribution is -2.15. The number of nitrogens with zero attached hydrogens (tertiary/aromatic N) is 2. The average molecular weight is 432 g/mol. The number of ether oxygens (including phenoxy) is 2. The van der Waals surface area contributed by atoms with Gasteiger partial charge < -0.3 is 14.8 Å². The van der Waals surface area contributed by atoms with Crippen molar-refractivity contribution in [3.05, 3.63) is 58.9 Å². The van der Waals surface area contributed by atoms with Gasteiger partial charge in [0.25, 0.3) is 0 Å². The lowest BCUT2D eigenvalue weighted by molar-refractivity contribution is -0.113. The predicted molar refractivity (Wildman–Crippen MR) is 117 cm³/mol. The van der Waals surface area contributed by atoms with E-state index in [1.165, 1.54) is 26.0 Å². The smallest absolute Gasteiger partial charge is 0.234 e. The summed E-state index contributed by atoms with van der Waals surface area (Å²) < 4.78 is 12.4. The van der Waals surface area contributed by atoms with Crippen LogP contribution in [-0.4, -0.2) is 35.7 Å². The highest BCUT2D eigenvalue weighted by atomic mass is 35.5. The molecule has 0 saturated heterocycles. The molecule has 0 aliphatic carbocycles. The zero-order valence-corrected chi connectivity index (χ0v) is 18.2. The van der Waals surface area contributed by atoms with Crippen LogP contribution in [0.25, 0.3) is 5.69 Å². The van der Waals surface area contributed by atoms with Crippen molar-refractivity contribution >= 4 is 35.0 Å². The summed E-state index contributed by atoms with van der Waals surface area (Å²) in [5.41, 5.74) is 3.37. The Kier molecular flexibility index (Phi) is 6.71. The molecular weight excluding hydrogens is 410 g/mol. The minimum atomic E-state index is -0.166. The van der Waals surface area contributed by atoms with E-state index in [0.29, 0.717) is 22.2 Å². The van der Waals surface area contributed by atoms with Crippen LogP contribution in [0.4, 0.5) is 5.69 Å². The van der Waals surface area contributed by atoms with Gasteiger partial charge in [-0.25, -0.2) is 4.68 Å². The molecule has 0 fully saturated rings. The van der Waals surface area contributed by atoms with E-state index >= 15 is 0 Å². The van der Waals surface area contributed by atoms with Gasteiger partial charge >= 0.3 is 0 Å². The van der Waals surface area contributed by atoms with Gasteiger partial charge in [-0.1, -0.05) is 29.8 Å². The first-order valence-electron chi connectivity index (χ1n) is 8.90. The third-order valence-electron chi connectivity index (χ3n) is 4.32. The third kappa shape index (κ3) is 4.68. The van der Waals surface area contributed by atoms with Crippen LogP contribution in [-0.2, 0) is 4.79 Å². The largest absolute Gasteiger partial charge is 0.495 e. The zero-order valence-electron chi connectivity index (χ0n) is 16.7. The van der Waals surface area contributed by atoms with E-state index in [0.717, 1.165) is 22.0 Å². The van der Waals surface area contributed by atoms with Crippen LogP contribution in [0, 0.1) is 13.8 Å². The second-order valence-electron chi connectivity index (χ2n) is 6.27. The number of hydrogen-bond acceptors (Lipinski definition) is 5. The number of hydrogen-bond donors (Lipinski definition) is 1. The van der Waals surface area contributed by atoms with Gasteiger partial charge in [0, 0.05) is 6.07 Å². The molecule has 3 aromatic rings. The molecule has 1 aromatic heterocycles. The highest BCUT2D eigenvalue weighted by Crippen LogP contribution is 2.36. The van der Waals surface area contributed by atoms with Crippen LogP contribution >= 0.6 is 23.4 Å². The number of para-hydroxylation sites is 1. The summed E-state index contributed by atoms with van der Waals surface area (Å²) >= 11 is 7.62. The zero-order chi connectivity index (χ0) is 21.0. The van der Waals surface area contributed by atoms with Gasteiger partial charge in [-0.05, 0) is 32.0 Å². The Bertz CT molecular complexity index is 1020. The molecule has 1 N–H and O–H groups in total. The topological polar surface area (TPSA) is 65.4 Å². The van der Waals surface area contributed by atoms with E-state index in [1.807, 2.05) is 48.9 Å². The van der Waals surface area contributed by atoms with Crippen molar-refractivity contribution in [2.45, 2.75) is 18.7 Å². The predicted octanol–water partition coefficient (Wildman–Crippen LogP) is 4.89. The van der Waals surface area contributed by atoms with E-state index in [1.54, 1.807) is 12.1 Å². The maximum absolute atomic E-state index is 12.5. The molecule has 8 heteroatoms. The Labute approximate surface area is 179 Å². The number of rotatable bonds is 7. The number of carbonyl (C=O) groups is 1. The second-order valence-corrected chi connectivity index (χ2v) is 7.66. The SMILES string of the molecule is COc1cc(OC)c(NC(=O)CSc2c(C)nn(-c3ccccc3)c2C)cc1Cl. The fourth-order valence-electron chi connectivity index (χ4n) is 2.94. The fraction of sp³-hybridized carbons (Fsp3) is 0.238. The summed E-state index contributed by atoms with van der Waals surface area (Å²) in [7, 11) is 3.05. The first kappa shape index (κ1) is 21.1. The Morgan fingerprint density at radius 3 is 2.48 bits per heavy atom. The molecule has 0 bridgehead atoms. The van der Waals surface area contributed by atoms with Gasteiger partial charge in [-0.2, -0.15) is 5.10 Å². The molecule has 0 radical (unpaired) electrons. The molecule has 2 aromatic carbocycles. The van der Waals surface area contributed by atoms with Crippen molar-refractivity contribution in [2.24, 2.45) is 0 Å². The van der Waals surface area contributed by atoms with Crippen molar-refractivity contribution in [1.82, 2.24) is 9.78 Å². The molecule has 1 heterocycles. The van der Waals surface area contributed by atoms with Crippen LogP contribution < -0.4 is 14.8 Å². The number of nitrogens with one attached hydrogen (secondary N) is 1. The molecule has 0 saturated carbocycles. The molecule has 3 rings (SSSR count). The summed E-state index contributed by atoms with van der Waals surface area (Å²) in [5, 5.41) is 7.86. The molecule has 152 valence electrons. The molecule has 0 atom stereocenters. The van der Waals surface area contributed by atoms with Gasteiger partial charge in [-0.3, -0.25) is 4.79 Å². The summed E-state index contributed by atoms with van der Waals surface area (Å²) in [4.78, 5) is 13.5. The van der Waals surface area contributed by atoms with Gasteiger partial charge in [0.15, 0.2) is 0 Å². The Morgan fingerprint density at radius 2 is 1.83 bits per heavy atom. The summed E-state index contributed by atoms with van der Waals surface area (Å²) in [5.74, 6) is 1.03. The minimum absolute atomic E-state index is 0.166. The molecular formula is C21H22ClN3O3S. The lowest BCUT2D eigenvalue weighted by Gasteiger charge is -2.13. The van der Waals surface area contributed by atoms with Gasteiger partial charge in [0.1, 0.15) is 11.5 Å². The van der Waals surface area contributed by atoms with Crippen LogP contribution in [0.15, 0.2) is 47.4 Å². The summed E-state index contributed by atoms with van der Waals surface area (Å²) in [6, 6.07) is 13.2. The third-order valence-corrected chi connectivity index (χ3v) is 5.90. The van der Waals surface area contributed by atoms with Gasteiger partial charge in [0.05, 0.1) is 52.7 Å². The Hall–Kier alpha value is -2.64. The maximum atomic E-state index is 12.5. The highest BCUT2D eigenvalue weighted by molar-refractivity contribution is 8.00. The molecule has 6 nitrogen and oxygen atoms in total. The number of thioether (sulfide) groups is 1. The Balaban J connectivity index is 1.72. The molecule has 0 spiro atoms. The van der Waals surface area contributed by atoms with Gasteiger partial charge in [0.2, 0.25) is 5.91 Å². The summed E-state index contributed by atoms with van der Waals surface area (Å²) in [6.07, 6.45) is 0. The number of halogens is 1. The van der Waals surface area contributed by atoms with Crippen LogP contribution in [0.2, 0.25) is 5.02 Å². The second kappa shape index (κ2) is 9.24. The number of amides is 1. The summed E-state index contributed by atoms with van der Waals surface area (Å²) in [6.45, 7) is 3.94. The van der Waals surface area contributed by atoms with Crippen molar-refractivity contribution in [3.63, 3.8) is 0 Å². The fourth-order valence-corrected chi connectivity index (χ4v) is 4.07. The molecule has 0 unspecified atom stereocenters. The van der Waals surface area contributed by atoms with E-state index < -0.39 is 0 Å². The monoisotopic (exact) mass is 431 g/mol. The first-order chi connectivity index (χ1) is 13.9. The van der Waals surface area contributed by atoms with Crippen molar-refractivity contribution < 1.29 is 14.3 Å². The van der Waals surface area contributed by atoms with Gasteiger partial charge in [-0.15, -0.1) is 11.8 Å². The van der Waals surface area contributed by atoms with E-state index in [-0.39, 0.29) is 11.7 Å². The number of aryl methyl sites for hydroxylation is 1. The number of carbonyl (C=O) groups excluding carboxylic acids is 1. The normalized spacial score (nSPS) is 10.7. The van der Waals surface area contributed by atoms with E-state index in [4.69, 9.17) is 21.1 Å². The minimum Gasteiger partial charge on any atom is -0.495 e. The lowest BCUT2D eigenvalue weighted by atomic mass is 10.2. The van der Waals surface area contributed by atoms with Crippen LogP contribution in [0.3, 0.4) is 0 Å². The van der Waals surface area contributed by atoms with Crippen LogP contribution in [0.1, 0.15) is 11.4 Å². The average Bonchev–Trinajstić information content (AvgIpc) is 3.01. The van der Waals surface area contributed by atoms with Crippen molar-refractivity contribution in [1.29, 1.82) is 0 Å². The van der Waals surface area contributed by atoms with E-state index in [2.05, 4.69) is 10.4 Å². The van der Waals surface area contributed by atoms with Crippen molar-refractivity contribution in [3.8, 4) is 17.2 Å². The number of methoxy groups -OCH3 is 2. The standard InChI is InChI=1S/C21H22ClN3O3S/c1-13-21(14(2)25(24-13)15-8-6-5-7-9-15)29-12-20(26)23-17-10-16(22)18(27-3)11-19(17)28-4/h5-11H,12H2,1-4H3,(H,23,26).